The average Bonchev–Trinajstić information content (AvgIpc) is 2.68. The fourth-order valence-electron chi connectivity index (χ4n) is 2.95. The molecule has 0 saturated heterocycles. The number of amides is 1. The molecule has 0 radical (unpaired) electrons. The van der Waals surface area contributed by atoms with Crippen molar-refractivity contribution in [1.29, 1.82) is 4.78 Å². The summed E-state index contributed by atoms with van der Waals surface area (Å²) >= 11 is 5.93. The molecule has 1 aromatic heterocycles. The van der Waals surface area contributed by atoms with Crippen molar-refractivity contribution in [2.75, 3.05) is 11.6 Å². The second kappa shape index (κ2) is 8.99. The number of aromatic nitrogens is 2. The highest BCUT2D eigenvalue weighted by Crippen LogP contribution is 2.36. The molecule has 1 unspecified atom stereocenters. The molecule has 33 heavy (non-hydrogen) atoms. The molecule has 3 rings (SSSR count). The number of hydrogen-bond donors (Lipinski definition) is 2. The Morgan fingerprint density at radius 2 is 1.85 bits per heavy atom. The number of rotatable bonds is 5. The van der Waals surface area contributed by atoms with E-state index in [-0.39, 0.29) is 16.3 Å². The fraction of sp³-hybridized carbons (Fsp3) is 0.190. The number of halogens is 4. The molecule has 0 aliphatic rings. The number of ether oxygens (including phenoxy) is 1. The first-order valence-corrected chi connectivity index (χ1v) is 11.7. The molecule has 0 spiro atoms. The van der Waals surface area contributed by atoms with Crippen LogP contribution in [0.15, 0.2) is 47.4 Å². The molecule has 1 heterocycles. The van der Waals surface area contributed by atoms with Crippen molar-refractivity contribution in [3.8, 4) is 11.6 Å². The van der Waals surface area contributed by atoms with Crippen molar-refractivity contribution in [3.05, 3.63) is 69.9 Å². The van der Waals surface area contributed by atoms with E-state index in [0.29, 0.717) is 10.6 Å². The van der Waals surface area contributed by atoms with Crippen LogP contribution in [0.4, 0.5) is 18.9 Å². The van der Waals surface area contributed by atoms with E-state index in [1.807, 2.05) is 0 Å². The van der Waals surface area contributed by atoms with Crippen molar-refractivity contribution in [3.63, 3.8) is 0 Å². The summed E-state index contributed by atoms with van der Waals surface area (Å²) in [7, 11) is -3.08. The number of carbonyl (C=O) groups is 1. The Hall–Kier alpha value is -3.18. The number of aryl methyl sites for hydroxylation is 1. The van der Waals surface area contributed by atoms with E-state index >= 15 is 0 Å². The van der Waals surface area contributed by atoms with Crippen LogP contribution in [0.5, 0.6) is 11.6 Å². The van der Waals surface area contributed by atoms with Gasteiger partial charge in [-0.25, -0.2) is 8.99 Å². The van der Waals surface area contributed by atoms with E-state index < -0.39 is 44.5 Å². The van der Waals surface area contributed by atoms with Crippen molar-refractivity contribution in [2.45, 2.75) is 24.9 Å². The summed E-state index contributed by atoms with van der Waals surface area (Å²) in [6.07, 6.45) is -3.64. The van der Waals surface area contributed by atoms with Crippen LogP contribution in [-0.2, 0) is 15.9 Å². The molecule has 0 bridgehead atoms. The maximum absolute atomic E-state index is 13.4. The zero-order valence-corrected chi connectivity index (χ0v) is 19.2. The molecule has 7 nitrogen and oxygen atoms in total. The zero-order valence-electron chi connectivity index (χ0n) is 17.6. The molecular formula is C21H18ClF3N4O3S. The van der Waals surface area contributed by atoms with Crippen LogP contribution in [0.3, 0.4) is 0 Å². The Balaban J connectivity index is 2.08. The highest BCUT2D eigenvalue weighted by molar-refractivity contribution is 7.91. The van der Waals surface area contributed by atoms with Gasteiger partial charge in [-0.15, -0.1) is 10.2 Å². The Labute approximate surface area is 192 Å². The Kier molecular flexibility index (Phi) is 6.66. The minimum absolute atomic E-state index is 0.137. The standard InChI is InChI=1S/C21H18ClF3N4O3S/c1-11-9-13(22)7-8-16(11)32-20-17(12(2)18(28-29-20)21(23,24)25)19(30)27-14-5-4-6-15(10-14)33(3,26)31/h4-10,26H,1-3H3,(H,27,30). The summed E-state index contributed by atoms with van der Waals surface area (Å²) in [6, 6.07) is 10.3. The van der Waals surface area contributed by atoms with Crippen LogP contribution in [-0.4, -0.2) is 26.6 Å². The van der Waals surface area contributed by atoms with Crippen LogP contribution < -0.4 is 10.1 Å². The van der Waals surface area contributed by atoms with Crippen LogP contribution in [0.1, 0.15) is 27.2 Å². The van der Waals surface area contributed by atoms with E-state index in [2.05, 4.69) is 15.5 Å². The summed E-state index contributed by atoms with van der Waals surface area (Å²) in [6.45, 7) is 2.76. The zero-order chi connectivity index (χ0) is 24.6. The van der Waals surface area contributed by atoms with Crippen molar-refractivity contribution >= 4 is 32.9 Å². The third-order valence-corrected chi connectivity index (χ3v) is 5.95. The van der Waals surface area contributed by atoms with Gasteiger partial charge < -0.3 is 10.1 Å². The SMILES string of the molecule is Cc1cc(Cl)ccc1Oc1nnc(C(F)(F)F)c(C)c1C(=O)Nc1cccc(S(C)(=N)=O)c1. The molecule has 3 aromatic rings. The maximum atomic E-state index is 13.4. The van der Waals surface area contributed by atoms with Gasteiger partial charge in [0.25, 0.3) is 11.8 Å². The smallest absolute Gasteiger partial charge is 0.435 e. The van der Waals surface area contributed by atoms with Gasteiger partial charge in [-0.3, -0.25) is 4.79 Å². The van der Waals surface area contributed by atoms with E-state index in [9.17, 15) is 22.2 Å². The van der Waals surface area contributed by atoms with Gasteiger partial charge in [0.15, 0.2) is 5.69 Å². The van der Waals surface area contributed by atoms with Crippen LogP contribution >= 0.6 is 11.6 Å². The Morgan fingerprint density at radius 3 is 2.45 bits per heavy atom. The monoisotopic (exact) mass is 498 g/mol. The van der Waals surface area contributed by atoms with E-state index in [1.54, 1.807) is 13.0 Å². The van der Waals surface area contributed by atoms with Crippen LogP contribution in [0.2, 0.25) is 5.02 Å². The Morgan fingerprint density at radius 1 is 1.15 bits per heavy atom. The third kappa shape index (κ3) is 5.60. The number of hydrogen-bond acceptors (Lipinski definition) is 6. The highest BCUT2D eigenvalue weighted by atomic mass is 35.5. The first-order valence-electron chi connectivity index (χ1n) is 9.31. The molecule has 0 aliphatic heterocycles. The van der Waals surface area contributed by atoms with Gasteiger partial charge in [0.2, 0.25) is 0 Å². The molecule has 174 valence electrons. The second-order valence-electron chi connectivity index (χ2n) is 7.19. The Bertz CT molecular complexity index is 1350. The van der Waals surface area contributed by atoms with Crippen molar-refractivity contribution < 1.29 is 26.9 Å². The number of nitrogens with one attached hydrogen (secondary N) is 2. The lowest BCUT2D eigenvalue weighted by Crippen LogP contribution is -2.21. The third-order valence-electron chi connectivity index (χ3n) is 4.57. The number of anilines is 1. The molecule has 1 atom stereocenters. The fourth-order valence-corrected chi connectivity index (χ4v) is 3.87. The first kappa shape index (κ1) is 24.5. The topological polar surface area (TPSA) is 105 Å². The van der Waals surface area contributed by atoms with Crippen molar-refractivity contribution in [2.24, 2.45) is 0 Å². The van der Waals surface area contributed by atoms with Gasteiger partial charge >= 0.3 is 6.18 Å². The van der Waals surface area contributed by atoms with Crippen LogP contribution in [0.25, 0.3) is 0 Å². The molecule has 1 amide bonds. The summed E-state index contributed by atoms with van der Waals surface area (Å²) in [5.74, 6) is -1.15. The quantitative estimate of drug-likeness (QED) is 0.459. The van der Waals surface area contributed by atoms with Gasteiger partial charge in [0.1, 0.15) is 11.3 Å². The summed E-state index contributed by atoms with van der Waals surface area (Å²) in [5, 5.41) is 9.62. The number of benzene rings is 2. The molecule has 0 fully saturated rings. The largest absolute Gasteiger partial charge is 0.437 e. The minimum atomic E-state index is -4.85. The lowest BCUT2D eigenvalue weighted by atomic mass is 10.1. The normalized spacial score (nSPS) is 13.3. The molecule has 2 N–H and O–H groups in total. The molecule has 0 aliphatic carbocycles. The van der Waals surface area contributed by atoms with Crippen molar-refractivity contribution in [1.82, 2.24) is 10.2 Å². The van der Waals surface area contributed by atoms with Gasteiger partial charge in [-0.05, 0) is 61.4 Å². The van der Waals surface area contributed by atoms with Crippen LogP contribution in [0, 0.1) is 18.6 Å². The number of nitrogens with zero attached hydrogens (tertiary/aromatic N) is 2. The summed E-state index contributed by atoms with van der Waals surface area (Å²) < 4.78 is 65.6. The molecule has 0 saturated carbocycles. The predicted molar refractivity (Wildman–Crippen MR) is 117 cm³/mol. The number of carbonyl (C=O) groups excluding carboxylic acids is 1. The molecular weight excluding hydrogens is 481 g/mol. The second-order valence-corrected chi connectivity index (χ2v) is 9.78. The van der Waals surface area contributed by atoms with Gasteiger partial charge in [-0.2, -0.15) is 13.2 Å². The molecule has 12 heteroatoms. The molecule has 2 aromatic carbocycles. The predicted octanol–water partition coefficient (Wildman–Crippen LogP) is 5.85. The van der Waals surface area contributed by atoms with E-state index in [0.717, 1.165) is 6.92 Å². The summed E-state index contributed by atoms with van der Waals surface area (Å²) in [4.78, 5) is 13.2. The lowest BCUT2D eigenvalue weighted by Gasteiger charge is -2.17. The van der Waals surface area contributed by atoms with Gasteiger partial charge in [-0.1, -0.05) is 17.7 Å². The van der Waals surface area contributed by atoms with E-state index in [1.165, 1.54) is 42.7 Å². The van der Waals surface area contributed by atoms with Gasteiger partial charge in [0.05, 0.1) is 9.73 Å². The lowest BCUT2D eigenvalue weighted by molar-refractivity contribution is -0.142. The summed E-state index contributed by atoms with van der Waals surface area (Å²) in [5.41, 5.74) is -1.58. The van der Waals surface area contributed by atoms with Gasteiger partial charge in [0, 0.05) is 21.9 Å². The average molecular weight is 499 g/mol. The first-order chi connectivity index (χ1) is 15.3. The van der Waals surface area contributed by atoms with E-state index in [4.69, 9.17) is 21.1 Å². The highest BCUT2D eigenvalue weighted by Gasteiger charge is 2.38. The minimum Gasteiger partial charge on any atom is -0.437 e. The number of alkyl halides is 3. The maximum Gasteiger partial charge on any atom is 0.435 e.